The minimum absolute atomic E-state index is 0.267. The van der Waals surface area contributed by atoms with E-state index in [0.717, 1.165) is 35.6 Å². The lowest BCUT2D eigenvalue weighted by Crippen LogP contribution is -2.35. The van der Waals surface area contributed by atoms with Gasteiger partial charge in [-0.25, -0.2) is 4.98 Å². The lowest BCUT2D eigenvalue weighted by Gasteiger charge is -2.32. The minimum atomic E-state index is 0.267. The van der Waals surface area contributed by atoms with Crippen molar-refractivity contribution < 1.29 is 9.47 Å². The number of nitrogens with one attached hydrogen (secondary N) is 1. The molecule has 0 bridgehead atoms. The van der Waals surface area contributed by atoms with Crippen LogP contribution in [0.3, 0.4) is 0 Å². The molecule has 0 radical (unpaired) electrons. The van der Waals surface area contributed by atoms with Crippen LogP contribution >= 0.6 is 0 Å². The molecule has 0 amide bonds. The van der Waals surface area contributed by atoms with Gasteiger partial charge in [-0.15, -0.1) is 0 Å². The van der Waals surface area contributed by atoms with Gasteiger partial charge >= 0.3 is 0 Å². The number of ether oxygens (including phenoxy) is 2. The molecule has 1 aromatic carbocycles. The number of aromatic nitrogens is 2. The van der Waals surface area contributed by atoms with E-state index in [1.165, 1.54) is 0 Å². The van der Waals surface area contributed by atoms with E-state index in [9.17, 15) is 0 Å². The number of methoxy groups -OCH3 is 2. The molecule has 1 aliphatic carbocycles. The summed E-state index contributed by atoms with van der Waals surface area (Å²) in [7, 11) is 3.28. The van der Waals surface area contributed by atoms with Crippen LogP contribution in [0.1, 0.15) is 30.0 Å². The molecule has 2 aromatic rings. The van der Waals surface area contributed by atoms with Crippen LogP contribution in [0.4, 0.5) is 11.8 Å². The first-order valence-electron chi connectivity index (χ1n) is 7.94. The first kappa shape index (κ1) is 16.3. The van der Waals surface area contributed by atoms with Crippen molar-refractivity contribution in [1.82, 2.24) is 9.97 Å². The third kappa shape index (κ3) is 3.51. The van der Waals surface area contributed by atoms with Crippen LogP contribution in [-0.4, -0.2) is 30.2 Å². The summed E-state index contributed by atoms with van der Waals surface area (Å²) in [6.07, 6.45) is 1.89. The third-order valence-electron chi connectivity index (χ3n) is 4.30. The molecule has 24 heavy (non-hydrogen) atoms. The molecule has 1 heterocycles. The van der Waals surface area contributed by atoms with Gasteiger partial charge in [-0.1, -0.05) is 0 Å². The summed E-state index contributed by atoms with van der Waals surface area (Å²) in [4.78, 5) is 8.59. The van der Waals surface area contributed by atoms with Gasteiger partial charge in [0.15, 0.2) is 0 Å². The number of benzene rings is 1. The minimum Gasteiger partial charge on any atom is -0.497 e. The van der Waals surface area contributed by atoms with Crippen molar-refractivity contribution in [3.8, 4) is 11.5 Å². The largest absolute Gasteiger partial charge is 0.497 e. The average molecular weight is 329 g/mol. The Morgan fingerprint density at radius 2 is 1.96 bits per heavy atom. The average Bonchev–Trinajstić information content (AvgIpc) is 2.56. The Balaban J connectivity index is 1.75. The Morgan fingerprint density at radius 3 is 2.62 bits per heavy atom. The fraction of sp³-hybridized carbons (Fsp3) is 0.412. The van der Waals surface area contributed by atoms with Crippen molar-refractivity contribution in [2.75, 3.05) is 25.3 Å². The summed E-state index contributed by atoms with van der Waals surface area (Å²) in [5.74, 6) is 2.91. The number of anilines is 2. The molecule has 5 N–H and O–H groups in total. The van der Waals surface area contributed by atoms with Crippen LogP contribution in [0.15, 0.2) is 24.3 Å². The second-order valence-electron chi connectivity index (χ2n) is 6.00. The highest BCUT2D eigenvalue weighted by Gasteiger charge is 2.29. The quantitative estimate of drug-likeness (QED) is 0.742. The molecule has 0 spiro atoms. The van der Waals surface area contributed by atoms with Gasteiger partial charge in [-0.2, -0.15) is 4.98 Å². The third-order valence-corrected chi connectivity index (χ3v) is 4.30. The number of nitrogen functional groups attached to an aromatic ring is 1. The zero-order chi connectivity index (χ0) is 17.1. The Morgan fingerprint density at radius 1 is 1.17 bits per heavy atom. The Labute approximate surface area is 141 Å². The van der Waals surface area contributed by atoms with Crippen molar-refractivity contribution in [2.24, 2.45) is 5.73 Å². The van der Waals surface area contributed by atoms with Crippen molar-refractivity contribution in [2.45, 2.75) is 31.3 Å². The first-order chi connectivity index (χ1) is 11.6. The van der Waals surface area contributed by atoms with Gasteiger partial charge in [0.05, 0.1) is 19.9 Å². The molecule has 1 fully saturated rings. The highest BCUT2D eigenvalue weighted by Crippen LogP contribution is 2.35. The Hall–Kier alpha value is -2.54. The predicted octanol–water partition coefficient (Wildman–Crippen LogP) is 1.89. The van der Waals surface area contributed by atoms with Crippen LogP contribution in [0, 0.1) is 0 Å². The molecule has 1 saturated carbocycles. The van der Waals surface area contributed by atoms with Gasteiger partial charge in [-0.3, -0.25) is 0 Å². The number of nitrogens with zero attached hydrogens (tertiary/aromatic N) is 2. The van der Waals surface area contributed by atoms with Gasteiger partial charge in [0, 0.05) is 30.1 Å². The molecular weight excluding hydrogens is 306 g/mol. The van der Waals surface area contributed by atoms with Gasteiger partial charge in [-0.05, 0) is 31.0 Å². The van der Waals surface area contributed by atoms with Crippen LogP contribution in [0.5, 0.6) is 11.5 Å². The van der Waals surface area contributed by atoms with E-state index in [4.69, 9.17) is 20.9 Å². The van der Waals surface area contributed by atoms with Gasteiger partial charge < -0.3 is 26.3 Å². The van der Waals surface area contributed by atoms with Crippen LogP contribution in [-0.2, 0) is 6.54 Å². The normalized spacial score (nSPS) is 19.5. The summed E-state index contributed by atoms with van der Waals surface area (Å²) >= 11 is 0. The van der Waals surface area contributed by atoms with E-state index < -0.39 is 0 Å². The van der Waals surface area contributed by atoms with Crippen LogP contribution in [0.2, 0.25) is 0 Å². The number of rotatable bonds is 6. The topological polar surface area (TPSA) is 108 Å². The molecule has 0 atom stereocenters. The summed E-state index contributed by atoms with van der Waals surface area (Å²) in [5, 5.41) is 3.28. The zero-order valence-electron chi connectivity index (χ0n) is 14.0. The second kappa shape index (κ2) is 6.92. The second-order valence-corrected chi connectivity index (χ2v) is 6.00. The first-order valence-corrected chi connectivity index (χ1v) is 7.94. The van der Waals surface area contributed by atoms with Gasteiger partial charge in [0.25, 0.3) is 0 Å². The molecule has 7 heteroatoms. The number of hydrogen-bond donors (Lipinski definition) is 3. The van der Waals surface area contributed by atoms with Crippen molar-refractivity contribution in [3.63, 3.8) is 0 Å². The fourth-order valence-electron chi connectivity index (χ4n) is 2.89. The number of nitrogens with two attached hydrogens (primary N) is 2. The molecule has 1 aromatic heterocycles. The maximum absolute atomic E-state index is 5.86. The Kier molecular flexibility index (Phi) is 4.71. The molecule has 3 rings (SSSR count). The molecule has 1 aliphatic rings. The van der Waals surface area contributed by atoms with Crippen LogP contribution < -0.4 is 26.3 Å². The lowest BCUT2D eigenvalue weighted by atomic mass is 9.78. The monoisotopic (exact) mass is 329 g/mol. The maximum Gasteiger partial charge on any atom is 0.222 e. The van der Waals surface area contributed by atoms with E-state index in [-0.39, 0.29) is 12.0 Å². The SMILES string of the molecule is COc1ccc(OC)c(CNc2cc(C3CC(N)C3)nc(N)n2)c1. The molecule has 7 nitrogen and oxygen atoms in total. The van der Waals surface area contributed by atoms with E-state index in [1.807, 2.05) is 24.3 Å². The summed E-state index contributed by atoms with van der Waals surface area (Å²) in [6, 6.07) is 7.89. The van der Waals surface area contributed by atoms with Gasteiger partial charge in [0.2, 0.25) is 5.95 Å². The summed E-state index contributed by atoms with van der Waals surface area (Å²) in [6.45, 7) is 0.542. The highest BCUT2D eigenvalue weighted by molar-refractivity contribution is 5.46. The van der Waals surface area contributed by atoms with E-state index in [0.29, 0.717) is 18.3 Å². The molecule has 0 aliphatic heterocycles. The van der Waals surface area contributed by atoms with E-state index in [1.54, 1.807) is 14.2 Å². The number of hydrogen-bond acceptors (Lipinski definition) is 7. The summed E-state index contributed by atoms with van der Waals surface area (Å²) in [5.41, 5.74) is 13.6. The molecule has 0 unspecified atom stereocenters. The lowest BCUT2D eigenvalue weighted by molar-refractivity contribution is 0.345. The molecule has 128 valence electrons. The smallest absolute Gasteiger partial charge is 0.222 e. The van der Waals surface area contributed by atoms with Crippen molar-refractivity contribution in [3.05, 3.63) is 35.5 Å². The van der Waals surface area contributed by atoms with Gasteiger partial charge in [0.1, 0.15) is 17.3 Å². The Bertz CT molecular complexity index is 716. The summed E-state index contributed by atoms with van der Waals surface area (Å²) < 4.78 is 10.7. The molecule has 0 saturated heterocycles. The van der Waals surface area contributed by atoms with E-state index in [2.05, 4.69) is 15.3 Å². The van der Waals surface area contributed by atoms with E-state index >= 15 is 0 Å². The fourth-order valence-corrected chi connectivity index (χ4v) is 2.89. The maximum atomic E-state index is 5.86. The standard InChI is InChI=1S/C17H23N5O2/c1-23-13-3-4-15(24-2)11(7-13)9-20-16-8-14(21-17(19)22-16)10-5-12(18)6-10/h3-4,7-8,10,12H,5-6,9,18H2,1-2H3,(H3,19,20,21,22). The molecular formula is C17H23N5O2. The predicted molar refractivity (Wildman–Crippen MR) is 93.3 cm³/mol. The zero-order valence-corrected chi connectivity index (χ0v) is 14.0. The highest BCUT2D eigenvalue weighted by atomic mass is 16.5. The van der Waals surface area contributed by atoms with Crippen molar-refractivity contribution in [1.29, 1.82) is 0 Å². The van der Waals surface area contributed by atoms with Crippen molar-refractivity contribution >= 4 is 11.8 Å². The van der Waals surface area contributed by atoms with Crippen LogP contribution in [0.25, 0.3) is 0 Å².